The van der Waals surface area contributed by atoms with Gasteiger partial charge in [0, 0.05) is 18.9 Å². The molecule has 2 heterocycles. The highest BCUT2D eigenvalue weighted by Crippen LogP contribution is 2.21. The number of carbonyl (C=O) groups is 1. The van der Waals surface area contributed by atoms with Crippen molar-refractivity contribution in [3.8, 4) is 0 Å². The summed E-state index contributed by atoms with van der Waals surface area (Å²) in [7, 11) is 0. The van der Waals surface area contributed by atoms with Gasteiger partial charge >= 0.3 is 0 Å². The third-order valence-corrected chi connectivity index (χ3v) is 2.45. The largest absolute Gasteiger partial charge is 0.337 e. The molecule has 1 aliphatic heterocycles. The van der Waals surface area contributed by atoms with Crippen molar-refractivity contribution >= 4 is 11.9 Å². The highest BCUT2D eigenvalue weighted by Gasteiger charge is 2.43. The fourth-order valence-corrected chi connectivity index (χ4v) is 1.53. The second-order valence-corrected chi connectivity index (χ2v) is 3.62. The van der Waals surface area contributed by atoms with Crippen LogP contribution in [0.15, 0.2) is 23.6 Å². The minimum Gasteiger partial charge on any atom is -0.337 e. The molecule has 84 valence electrons. The van der Waals surface area contributed by atoms with Crippen molar-refractivity contribution in [3.05, 3.63) is 24.3 Å². The van der Waals surface area contributed by atoms with Gasteiger partial charge in [-0.3, -0.25) is 25.1 Å². The molecule has 1 fully saturated rings. The van der Waals surface area contributed by atoms with Gasteiger partial charge in [-0.25, -0.2) is 0 Å². The van der Waals surface area contributed by atoms with Crippen LogP contribution in [0, 0.1) is 0 Å². The lowest BCUT2D eigenvalue weighted by molar-refractivity contribution is -0.123. The van der Waals surface area contributed by atoms with Crippen LogP contribution in [-0.2, 0) is 10.3 Å². The van der Waals surface area contributed by atoms with Crippen LogP contribution in [0.3, 0.4) is 0 Å². The molecule has 0 radical (unpaired) electrons. The molecule has 1 atom stereocenters. The highest BCUT2D eigenvalue weighted by molar-refractivity contribution is 6.08. The summed E-state index contributed by atoms with van der Waals surface area (Å²) in [4.78, 5) is 24.1. The number of rotatable bonds is 2. The van der Waals surface area contributed by atoms with Gasteiger partial charge in [-0.15, -0.1) is 0 Å². The molecule has 1 saturated heterocycles. The van der Waals surface area contributed by atoms with E-state index in [0.29, 0.717) is 18.2 Å². The number of nitrogens with one attached hydrogen (secondary N) is 2. The van der Waals surface area contributed by atoms with Gasteiger partial charge in [-0.2, -0.15) is 0 Å². The molecule has 0 bridgehead atoms. The fourth-order valence-electron chi connectivity index (χ4n) is 1.53. The van der Waals surface area contributed by atoms with E-state index in [1.54, 1.807) is 25.5 Å². The van der Waals surface area contributed by atoms with E-state index in [1.165, 1.54) is 0 Å². The molecule has 1 aliphatic rings. The third-order valence-electron chi connectivity index (χ3n) is 2.45. The Labute approximate surface area is 93.2 Å². The summed E-state index contributed by atoms with van der Waals surface area (Å²) in [5, 5.41) is 5.70. The molecular formula is C10H13N5O. The molecule has 0 spiro atoms. The van der Waals surface area contributed by atoms with E-state index in [4.69, 9.17) is 0 Å². The summed E-state index contributed by atoms with van der Waals surface area (Å²) >= 11 is 0. The van der Waals surface area contributed by atoms with E-state index >= 15 is 0 Å². The smallest absolute Gasteiger partial charge is 0.258 e. The SMILES string of the molecule is CCN=C1NC(=O)C(C)(c2cnccn2)N1. The lowest BCUT2D eigenvalue weighted by atomic mass is 9.99. The second kappa shape index (κ2) is 3.88. The van der Waals surface area contributed by atoms with E-state index in [1.807, 2.05) is 6.92 Å². The summed E-state index contributed by atoms with van der Waals surface area (Å²) in [5.41, 5.74) is -0.309. The van der Waals surface area contributed by atoms with Crippen molar-refractivity contribution in [1.29, 1.82) is 0 Å². The van der Waals surface area contributed by atoms with Crippen molar-refractivity contribution in [2.75, 3.05) is 6.54 Å². The van der Waals surface area contributed by atoms with Crippen LogP contribution in [-0.4, -0.2) is 28.4 Å². The summed E-state index contributed by atoms with van der Waals surface area (Å²) < 4.78 is 0. The Hall–Kier alpha value is -1.98. The van der Waals surface area contributed by atoms with Gasteiger partial charge < -0.3 is 5.32 Å². The lowest BCUT2D eigenvalue weighted by Crippen LogP contribution is -2.41. The van der Waals surface area contributed by atoms with Crippen molar-refractivity contribution in [2.24, 2.45) is 4.99 Å². The van der Waals surface area contributed by atoms with Crippen molar-refractivity contribution in [1.82, 2.24) is 20.6 Å². The minimum absolute atomic E-state index is 0.166. The van der Waals surface area contributed by atoms with Crippen LogP contribution in [0.4, 0.5) is 0 Å². The monoisotopic (exact) mass is 219 g/mol. The number of nitrogens with zero attached hydrogens (tertiary/aromatic N) is 3. The van der Waals surface area contributed by atoms with Crippen LogP contribution in [0.1, 0.15) is 19.5 Å². The molecular weight excluding hydrogens is 206 g/mol. The first-order valence-corrected chi connectivity index (χ1v) is 5.07. The summed E-state index contributed by atoms with van der Waals surface area (Å²) in [6.45, 7) is 4.27. The molecule has 0 saturated carbocycles. The molecule has 16 heavy (non-hydrogen) atoms. The number of guanidine groups is 1. The van der Waals surface area contributed by atoms with Gasteiger partial charge in [0.15, 0.2) is 11.5 Å². The number of aliphatic imine (C=N–C) groups is 1. The Balaban J connectivity index is 2.34. The molecule has 2 rings (SSSR count). The molecule has 6 nitrogen and oxygen atoms in total. The second-order valence-electron chi connectivity index (χ2n) is 3.62. The van der Waals surface area contributed by atoms with E-state index in [9.17, 15) is 4.79 Å². The fraction of sp³-hybridized carbons (Fsp3) is 0.400. The predicted octanol–water partition coefficient (Wildman–Crippen LogP) is -0.213. The lowest BCUT2D eigenvalue weighted by Gasteiger charge is -2.19. The Morgan fingerprint density at radius 3 is 2.94 bits per heavy atom. The van der Waals surface area contributed by atoms with Gasteiger partial charge in [0.05, 0.1) is 11.9 Å². The highest BCUT2D eigenvalue weighted by atomic mass is 16.2. The zero-order valence-electron chi connectivity index (χ0n) is 9.19. The number of carbonyl (C=O) groups excluding carboxylic acids is 1. The quantitative estimate of drug-likeness (QED) is 0.721. The van der Waals surface area contributed by atoms with Gasteiger partial charge in [0.1, 0.15) is 0 Å². The Bertz CT molecular complexity index is 430. The maximum Gasteiger partial charge on any atom is 0.258 e. The maximum atomic E-state index is 11.9. The Morgan fingerprint density at radius 1 is 1.50 bits per heavy atom. The molecule has 1 aromatic rings. The van der Waals surface area contributed by atoms with Crippen molar-refractivity contribution in [2.45, 2.75) is 19.4 Å². The normalized spacial score (nSPS) is 26.6. The Kier molecular flexibility index (Phi) is 2.55. The van der Waals surface area contributed by atoms with Crippen LogP contribution in [0.25, 0.3) is 0 Å². The molecule has 6 heteroatoms. The third kappa shape index (κ3) is 1.62. The van der Waals surface area contributed by atoms with Gasteiger partial charge in [0.2, 0.25) is 0 Å². The average Bonchev–Trinajstić information content (AvgIpc) is 2.57. The predicted molar refractivity (Wildman–Crippen MR) is 58.6 cm³/mol. The zero-order valence-corrected chi connectivity index (χ0v) is 9.19. The maximum absolute atomic E-state index is 11.9. The first-order chi connectivity index (χ1) is 7.66. The molecule has 0 aliphatic carbocycles. The van der Waals surface area contributed by atoms with Crippen LogP contribution < -0.4 is 10.6 Å². The van der Waals surface area contributed by atoms with Gasteiger partial charge in [0.25, 0.3) is 5.91 Å². The molecule has 1 aromatic heterocycles. The van der Waals surface area contributed by atoms with Crippen molar-refractivity contribution < 1.29 is 4.79 Å². The van der Waals surface area contributed by atoms with E-state index < -0.39 is 5.54 Å². The van der Waals surface area contributed by atoms with Crippen molar-refractivity contribution in [3.63, 3.8) is 0 Å². The zero-order chi connectivity index (χ0) is 11.6. The average molecular weight is 219 g/mol. The van der Waals surface area contributed by atoms with Crippen LogP contribution >= 0.6 is 0 Å². The number of amides is 1. The van der Waals surface area contributed by atoms with E-state index in [2.05, 4.69) is 25.6 Å². The number of aromatic nitrogens is 2. The summed E-state index contributed by atoms with van der Waals surface area (Å²) in [6, 6.07) is 0. The summed E-state index contributed by atoms with van der Waals surface area (Å²) in [6.07, 6.45) is 4.70. The van der Waals surface area contributed by atoms with E-state index in [-0.39, 0.29) is 5.91 Å². The number of hydrogen-bond donors (Lipinski definition) is 2. The van der Waals surface area contributed by atoms with Crippen LogP contribution in [0.2, 0.25) is 0 Å². The molecule has 2 N–H and O–H groups in total. The van der Waals surface area contributed by atoms with Gasteiger partial charge in [-0.05, 0) is 13.8 Å². The molecule has 1 unspecified atom stereocenters. The molecule has 1 amide bonds. The van der Waals surface area contributed by atoms with Gasteiger partial charge in [-0.1, -0.05) is 0 Å². The van der Waals surface area contributed by atoms with E-state index in [0.717, 1.165) is 0 Å². The standard InChI is InChI=1S/C10H13N5O/c1-3-12-9-14-8(16)10(2,15-9)7-6-11-4-5-13-7/h4-6H,3H2,1-2H3,(H2,12,14,15,16). The van der Waals surface area contributed by atoms with Crippen LogP contribution in [0.5, 0.6) is 0 Å². The first kappa shape index (κ1) is 10.5. The first-order valence-electron chi connectivity index (χ1n) is 5.07. The Morgan fingerprint density at radius 2 is 2.31 bits per heavy atom. The minimum atomic E-state index is -0.887. The summed E-state index contributed by atoms with van der Waals surface area (Å²) in [5.74, 6) is 0.320. The number of hydrogen-bond acceptors (Lipinski definition) is 4. The topological polar surface area (TPSA) is 79.3 Å². The molecule has 0 aromatic carbocycles.